The van der Waals surface area contributed by atoms with Crippen molar-refractivity contribution in [2.75, 3.05) is 14.2 Å². The smallest absolute Gasteiger partial charge is 0.226 e. The van der Waals surface area contributed by atoms with Crippen LogP contribution in [0.25, 0.3) is 0 Å². The van der Waals surface area contributed by atoms with E-state index in [1.807, 2.05) is 0 Å². The molecule has 0 aliphatic carbocycles. The number of phenolic OH excluding ortho intramolecular Hbond substituents is 1. The minimum absolute atomic E-state index is 0.0737. The maximum atomic E-state index is 12.0. The number of nitrogens with one attached hydrogen (secondary N) is 1. The molecule has 0 aliphatic heterocycles. The zero-order valence-electron chi connectivity index (χ0n) is 12.8. The largest absolute Gasteiger partial charge is 0.502 e. The first kappa shape index (κ1) is 16.9. The molecule has 0 aliphatic rings. The Hall–Kier alpha value is -2.47. The minimum atomic E-state index is -0.175. The highest BCUT2D eigenvalue weighted by Crippen LogP contribution is 2.36. The number of aromatic hydroxyl groups is 1. The van der Waals surface area contributed by atoms with E-state index in [4.69, 9.17) is 21.1 Å². The Morgan fingerprint density at radius 2 is 1.91 bits per heavy atom. The summed E-state index contributed by atoms with van der Waals surface area (Å²) in [5.41, 5.74) is 1.38. The van der Waals surface area contributed by atoms with Gasteiger partial charge in [0.2, 0.25) is 11.7 Å². The molecule has 0 unspecified atom stereocenters. The van der Waals surface area contributed by atoms with Crippen LogP contribution in [0, 0.1) is 0 Å². The monoisotopic (exact) mass is 336 g/mol. The van der Waals surface area contributed by atoms with Gasteiger partial charge in [-0.05, 0) is 29.8 Å². The van der Waals surface area contributed by atoms with E-state index in [2.05, 4.69) is 10.3 Å². The van der Waals surface area contributed by atoms with Crippen molar-refractivity contribution in [3.63, 3.8) is 0 Å². The number of halogens is 1. The fraction of sp³-hybridized carbons (Fsp3) is 0.250. The number of hydrogen-bond donors (Lipinski definition) is 2. The minimum Gasteiger partial charge on any atom is -0.502 e. The van der Waals surface area contributed by atoms with E-state index in [0.29, 0.717) is 10.7 Å². The van der Waals surface area contributed by atoms with Gasteiger partial charge in [0.05, 0.1) is 25.7 Å². The van der Waals surface area contributed by atoms with Crippen molar-refractivity contribution < 1.29 is 19.4 Å². The molecular formula is C16H17ClN2O4. The highest BCUT2D eigenvalue weighted by molar-refractivity contribution is 6.30. The van der Waals surface area contributed by atoms with Crippen molar-refractivity contribution >= 4 is 17.5 Å². The summed E-state index contributed by atoms with van der Waals surface area (Å²) in [6, 6.07) is 6.67. The fourth-order valence-corrected chi connectivity index (χ4v) is 2.10. The molecule has 23 heavy (non-hydrogen) atoms. The standard InChI is InChI=1S/C16H17ClN2O4/c1-22-13-5-10(6-14(23-2)16(13)21)8-19-15(20)7-12-4-3-11(17)9-18-12/h3-6,9,21H,7-8H2,1-2H3,(H,19,20). The molecular weight excluding hydrogens is 320 g/mol. The molecule has 2 aromatic rings. The highest BCUT2D eigenvalue weighted by Gasteiger charge is 2.12. The number of benzene rings is 1. The third-order valence-corrected chi connectivity index (χ3v) is 3.38. The number of phenols is 1. The first-order valence-corrected chi connectivity index (χ1v) is 7.22. The lowest BCUT2D eigenvalue weighted by Gasteiger charge is -2.12. The van der Waals surface area contributed by atoms with Crippen molar-refractivity contribution in [2.24, 2.45) is 0 Å². The number of ether oxygens (including phenoxy) is 2. The zero-order chi connectivity index (χ0) is 16.8. The summed E-state index contributed by atoms with van der Waals surface area (Å²) >= 11 is 5.75. The summed E-state index contributed by atoms with van der Waals surface area (Å²) in [4.78, 5) is 16.0. The molecule has 6 nitrogen and oxygen atoms in total. The van der Waals surface area contributed by atoms with Gasteiger partial charge in [-0.1, -0.05) is 11.6 Å². The lowest BCUT2D eigenvalue weighted by atomic mass is 10.1. The molecule has 7 heteroatoms. The quantitative estimate of drug-likeness (QED) is 0.846. The third kappa shape index (κ3) is 4.50. The van der Waals surface area contributed by atoms with Gasteiger partial charge in [0, 0.05) is 18.4 Å². The lowest BCUT2D eigenvalue weighted by molar-refractivity contribution is -0.120. The molecule has 2 N–H and O–H groups in total. The first-order valence-electron chi connectivity index (χ1n) is 6.84. The van der Waals surface area contributed by atoms with Gasteiger partial charge in [0.1, 0.15) is 0 Å². The van der Waals surface area contributed by atoms with Crippen molar-refractivity contribution in [1.82, 2.24) is 10.3 Å². The molecule has 0 spiro atoms. The van der Waals surface area contributed by atoms with Gasteiger partial charge < -0.3 is 19.9 Å². The molecule has 1 aromatic carbocycles. The number of hydrogen-bond acceptors (Lipinski definition) is 5. The molecule has 0 fully saturated rings. The van der Waals surface area contributed by atoms with Crippen LogP contribution in [-0.2, 0) is 17.8 Å². The maximum absolute atomic E-state index is 12.0. The van der Waals surface area contributed by atoms with Gasteiger partial charge in [-0.15, -0.1) is 0 Å². The average Bonchev–Trinajstić information content (AvgIpc) is 2.56. The number of carbonyl (C=O) groups is 1. The van der Waals surface area contributed by atoms with Crippen LogP contribution in [0.15, 0.2) is 30.5 Å². The molecule has 0 saturated carbocycles. The summed E-state index contributed by atoms with van der Waals surface area (Å²) < 4.78 is 10.2. The number of carbonyl (C=O) groups excluding carboxylic acids is 1. The Labute approximate surface area is 139 Å². The molecule has 0 atom stereocenters. The van der Waals surface area contributed by atoms with Gasteiger partial charge in [-0.3, -0.25) is 9.78 Å². The Bertz CT molecular complexity index is 664. The lowest BCUT2D eigenvalue weighted by Crippen LogP contribution is -2.24. The second-order valence-electron chi connectivity index (χ2n) is 4.77. The number of amides is 1. The van der Waals surface area contributed by atoms with E-state index in [1.54, 1.807) is 24.3 Å². The van der Waals surface area contributed by atoms with E-state index in [0.717, 1.165) is 5.56 Å². The fourth-order valence-electron chi connectivity index (χ4n) is 1.99. The van der Waals surface area contributed by atoms with Crippen LogP contribution in [-0.4, -0.2) is 30.2 Å². The summed E-state index contributed by atoms with van der Waals surface area (Å²) in [6.45, 7) is 0.277. The number of nitrogens with zero attached hydrogens (tertiary/aromatic N) is 1. The first-order chi connectivity index (χ1) is 11.0. The van der Waals surface area contributed by atoms with E-state index in [-0.39, 0.29) is 36.1 Å². The van der Waals surface area contributed by atoms with Gasteiger partial charge >= 0.3 is 0 Å². The number of methoxy groups -OCH3 is 2. The van der Waals surface area contributed by atoms with Gasteiger partial charge in [0.25, 0.3) is 0 Å². The van der Waals surface area contributed by atoms with E-state index in [9.17, 15) is 9.90 Å². The molecule has 1 heterocycles. The Morgan fingerprint density at radius 3 is 2.43 bits per heavy atom. The van der Waals surface area contributed by atoms with Crippen molar-refractivity contribution in [3.8, 4) is 17.2 Å². The van der Waals surface area contributed by atoms with Gasteiger partial charge in [0.15, 0.2) is 11.5 Å². The summed E-state index contributed by atoms with van der Waals surface area (Å²) in [5, 5.41) is 13.2. The topological polar surface area (TPSA) is 80.7 Å². The normalized spacial score (nSPS) is 10.2. The number of pyridine rings is 1. The third-order valence-electron chi connectivity index (χ3n) is 3.16. The van der Waals surface area contributed by atoms with Crippen LogP contribution in [0.4, 0.5) is 0 Å². The van der Waals surface area contributed by atoms with Crippen LogP contribution in [0.1, 0.15) is 11.3 Å². The van der Waals surface area contributed by atoms with Crippen LogP contribution < -0.4 is 14.8 Å². The van der Waals surface area contributed by atoms with Crippen LogP contribution >= 0.6 is 11.6 Å². The van der Waals surface area contributed by atoms with Crippen LogP contribution in [0.5, 0.6) is 17.2 Å². The predicted molar refractivity (Wildman–Crippen MR) is 86.0 cm³/mol. The molecule has 1 amide bonds. The van der Waals surface area contributed by atoms with E-state index in [1.165, 1.54) is 20.4 Å². The summed E-state index contributed by atoms with van der Waals surface area (Å²) in [5.74, 6) is 0.321. The second-order valence-corrected chi connectivity index (χ2v) is 5.21. The summed E-state index contributed by atoms with van der Waals surface area (Å²) in [7, 11) is 2.89. The molecule has 0 radical (unpaired) electrons. The maximum Gasteiger partial charge on any atom is 0.226 e. The van der Waals surface area contributed by atoms with Gasteiger partial charge in [-0.25, -0.2) is 0 Å². The molecule has 0 bridgehead atoms. The Balaban J connectivity index is 1.99. The van der Waals surface area contributed by atoms with Crippen molar-refractivity contribution in [3.05, 3.63) is 46.7 Å². The Kier molecular flexibility index (Phi) is 5.65. The Morgan fingerprint density at radius 1 is 1.26 bits per heavy atom. The molecule has 0 saturated heterocycles. The van der Waals surface area contributed by atoms with E-state index >= 15 is 0 Å². The number of aromatic nitrogens is 1. The van der Waals surface area contributed by atoms with Crippen LogP contribution in [0.2, 0.25) is 5.02 Å². The molecule has 122 valence electrons. The van der Waals surface area contributed by atoms with Crippen LogP contribution in [0.3, 0.4) is 0 Å². The van der Waals surface area contributed by atoms with E-state index < -0.39 is 0 Å². The SMILES string of the molecule is COc1cc(CNC(=O)Cc2ccc(Cl)cn2)cc(OC)c1O. The van der Waals surface area contributed by atoms with Crippen molar-refractivity contribution in [1.29, 1.82) is 0 Å². The predicted octanol–water partition coefficient (Wildman–Crippen LogP) is 2.32. The number of rotatable bonds is 6. The zero-order valence-corrected chi connectivity index (χ0v) is 13.6. The second kappa shape index (κ2) is 7.69. The van der Waals surface area contributed by atoms with Gasteiger partial charge in [-0.2, -0.15) is 0 Å². The average molecular weight is 337 g/mol. The highest BCUT2D eigenvalue weighted by atomic mass is 35.5. The molecule has 2 rings (SSSR count). The summed E-state index contributed by atoms with van der Waals surface area (Å²) in [6.07, 6.45) is 1.66. The van der Waals surface area contributed by atoms with Crippen molar-refractivity contribution in [2.45, 2.75) is 13.0 Å². The molecule has 1 aromatic heterocycles.